The third-order valence-corrected chi connectivity index (χ3v) is 4.96. The quantitative estimate of drug-likeness (QED) is 0.845. The van der Waals surface area contributed by atoms with E-state index in [2.05, 4.69) is 11.9 Å². The van der Waals surface area contributed by atoms with Crippen LogP contribution in [-0.4, -0.2) is 33.4 Å². The molecule has 0 N–H and O–H groups in total. The van der Waals surface area contributed by atoms with Crippen LogP contribution >= 0.6 is 0 Å². The van der Waals surface area contributed by atoms with Gasteiger partial charge >= 0.3 is 0 Å². The standard InChI is InChI=1S/C20H24FN3O2/c1-3-17-12-18(25)24(13-19(26)23-10-8-14(2)9-11-23)20(22-17)15-4-6-16(21)7-5-15/h4-7,12,14H,3,8-11,13H2,1-2H3. The molecule has 1 aromatic heterocycles. The van der Waals surface area contributed by atoms with Crippen LogP contribution in [0.1, 0.15) is 32.4 Å². The average molecular weight is 357 g/mol. The minimum atomic E-state index is -0.354. The summed E-state index contributed by atoms with van der Waals surface area (Å²) in [4.78, 5) is 31.7. The first kappa shape index (κ1) is 18.3. The van der Waals surface area contributed by atoms with Crippen LogP contribution in [0.2, 0.25) is 0 Å². The van der Waals surface area contributed by atoms with E-state index in [-0.39, 0.29) is 23.8 Å². The molecule has 1 aliphatic rings. The van der Waals surface area contributed by atoms with Crippen LogP contribution in [0.25, 0.3) is 11.4 Å². The predicted octanol–water partition coefficient (Wildman–Crippen LogP) is 2.87. The summed E-state index contributed by atoms with van der Waals surface area (Å²) in [6.07, 6.45) is 2.58. The normalized spacial score (nSPS) is 15.3. The van der Waals surface area contributed by atoms with E-state index in [1.165, 1.54) is 22.8 Å². The lowest BCUT2D eigenvalue weighted by Crippen LogP contribution is -2.41. The summed E-state index contributed by atoms with van der Waals surface area (Å²) >= 11 is 0. The largest absolute Gasteiger partial charge is 0.341 e. The fraction of sp³-hybridized carbons (Fsp3) is 0.450. The van der Waals surface area contributed by atoms with E-state index in [1.54, 1.807) is 12.1 Å². The molecule has 0 atom stereocenters. The fourth-order valence-electron chi connectivity index (χ4n) is 3.20. The Bertz CT molecular complexity index is 837. The Morgan fingerprint density at radius 1 is 1.23 bits per heavy atom. The van der Waals surface area contributed by atoms with Crippen LogP contribution in [0.3, 0.4) is 0 Å². The maximum atomic E-state index is 13.3. The lowest BCUT2D eigenvalue weighted by molar-refractivity contribution is -0.133. The van der Waals surface area contributed by atoms with Crippen molar-refractivity contribution in [3.63, 3.8) is 0 Å². The zero-order chi connectivity index (χ0) is 18.7. The monoisotopic (exact) mass is 357 g/mol. The summed E-state index contributed by atoms with van der Waals surface area (Å²) in [7, 11) is 0. The second kappa shape index (κ2) is 7.81. The van der Waals surface area contributed by atoms with Gasteiger partial charge in [-0.1, -0.05) is 13.8 Å². The van der Waals surface area contributed by atoms with E-state index in [4.69, 9.17) is 0 Å². The molecule has 0 unspecified atom stereocenters. The van der Waals surface area contributed by atoms with Crippen molar-refractivity contribution in [3.05, 3.63) is 52.2 Å². The summed E-state index contributed by atoms with van der Waals surface area (Å²) < 4.78 is 14.7. The van der Waals surface area contributed by atoms with Crippen molar-refractivity contribution in [2.75, 3.05) is 13.1 Å². The highest BCUT2D eigenvalue weighted by Crippen LogP contribution is 2.19. The molecule has 3 rings (SSSR count). The van der Waals surface area contributed by atoms with Gasteiger partial charge in [0.2, 0.25) is 5.91 Å². The molecule has 0 saturated carbocycles. The van der Waals surface area contributed by atoms with Crippen LogP contribution in [0.15, 0.2) is 35.1 Å². The van der Waals surface area contributed by atoms with E-state index < -0.39 is 0 Å². The van der Waals surface area contributed by atoms with Crippen molar-refractivity contribution in [3.8, 4) is 11.4 Å². The summed E-state index contributed by atoms with van der Waals surface area (Å²) in [6.45, 7) is 5.51. The number of benzene rings is 1. The lowest BCUT2D eigenvalue weighted by Gasteiger charge is -2.30. The van der Waals surface area contributed by atoms with Gasteiger partial charge in [-0.2, -0.15) is 0 Å². The minimum Gasteiger partial charge on any atom is -0.341 e. The van der Waals surface area contributed by atoms with Crippen molar-refractivity contribution in [2.24, 2.45) is 5.92 Å². The number of carbonyl (C=O) groups is 1. The van der Waals surface area contributed by atoms with E-state index in [0.717, 1.165) is 25.9 Å². The Labute approximate surface area is 152 Å². The molecule has 0 spiro atoms. The Morgan fingerprint density at radius 2 is 1.88 bits per heavy atom. The molecule has 2 aromatic rings. The van der Waals surface area contributed by atoms with E-state index in [0.29, 0.717) is 29.4 Å². The first-order valence-corrected chi connectivity index (χ1v) is 9.12. The molecular weight excluding hydrogens is 333 g/mol. The summed E-state index contributed by atoms with van der Waals surface area (Å²) in [6, 6.07) is 7.30. The number of rotatable bonds is 4. The van der Waals surface area contributed by atoms with E-state index >= 15 is 0 Å². The van der Waals surface area contributed by atoms with Crippen molar-refractivity contribution in [2.45, 2.75) is 39.7 Å². The maximum Gasteiger partial charge on any atom is 0.254 e. The van der Waals surface area contributed by atoms with Crippen LogP contribution in [0.4, 0.5) is 4.39 Å². The van der Waals surface area contributed by atoms with Crippen LogP contribution in [0.5, 0.6) is 0 Å². The Balaban J connectivity index is 1.94. The zero-order valence-electron chi connectivity index (χ0n) is 15.2. The van der Waals surface area contributed by atoms with Gasteiger partial charge in [-0.3, -0.25) is 14.2 Å². The Kier molecular flexibility index (Phi) is 5.49. The first-order chi connectivity index (χ1) is 12.5. The summed E-state index contributed by atoms with van der Waals surface area (Å²) in [5.41, 5.74) is 1.03. The molecule has 5 nitrogen and oxygen atoms in total. The number of likely N-dealkylation sites (tertiary alicyclic amines) is 1. The van der Waals surface area contributed by atoms with Crippen LogP contribution < -0.4 is 5.56 Å². The number of carbonyl (C=O) groups excluding carboxylic acids is 1. The highest BCUT2D eigenvalue weighted by molar-refractivity contribution is 5.76. The number of piperidine rings is 1. The van der Waals surface area contributed by atoms with Crippen molar-refractivity contribution < 1.29 is 9.18 Å². The van der Waals surface area contributed by atoms with Gasteiger partial charge in [0.05, 0.1) is 0 Å². The van der Waals surface area contributed by atoms with E-state index in [9.17, 15) is 14.0 Å². The van der Waals surface area contributed by atoms with Gasteiger partial charge in [-0.15, -0.1) is 0 Å². The molecular formula is C20H24FN3O2. The average Bonchev–Trinajstić information content (AvgIpc) is 2.64. The number of aromatic nitrogens is 2. The van der Waals surface area contributed by atoms with Gasteiger partial charge in [0, 0.05) is 30.4 Å². The number of hydrogen-bond acceptors (Lipinski definition) is 3. The number of aryl methyl sites for hydroxylation is 1. The van der Waals surface area contributed by atoms with Crippen molar-refractivity contribution in [1.82, 2.24) is 14.5 Å². The predicted molar refractivity (Wildman–Crippen MR) is 98.2 cm³/mol. The Hall–Kier alpha value is -2.50. The van der Waals surface area contributed by atoms with Gasteiger partial charge in [-0.05, 0) is 49.4 Å². The number of amides is 1. The highest BCUT2D eigenvalue weighted by atomic mass is 19.1. The van der Waals surface area contributed by atoms with Crippen LogP contribution in [0, 0.1) is 11.7 Å². The molecule has 1 fully saturated rings. The number of hydrogen-bond donors (Lipinski definition) is 0. The third-order valence-electron chi connectivity index (χ3n) is 4.96. The minimum absolute atomic E-state index is 0.0447. The molecule has 26 heavy (non-hydrogen) atoms. The SMILES string of the molecule is CCc1cc(=O)n(CC(=O)N2CCC(C)CC2)c(-c2ccc(F)cc2)n1. The number of nitrogens with zero attached hydrogens (tertiary/aromatic N) is 3. The van der Waals surface area contributed by atoms with Gasteiger partial charge in [0.25, 0.3) is 5.56 Å². The van der Waals surface area contributed by atoms with Crippen molar-refractivity contribution >= 4 is 5.91 Å². The molecule has 0 radical (unpaired) electrons. The lowest BCUT2D eigenvalue weighted by atomic mass is 9.99. The fourth-order valence-corrected chi connectivity index (χ4v) is 3.20. The molecule has 1 aliphatic heterocycles. The van der Waals surface area contributed by atoms with E-state index in [1.807, 2.05) is 11.8 Å². The second-order valence-electron chi connectivity index (χ2n) is 6.92. The molecule has 0 bridgehead atoms. The molecule has 6 heteroatoms. The number of halogens is 1. The van der Waals surface area contributed by atoms with Gasteiger partial charge in [0.1, 0.15) is 18.2 Å². The van der Waals surface area contributed by atoms with Crippen LogP contribution in [-0.2, 0) is 17.8 Å². The van der Waals surface area contributed by atoms with Gasteiger partial charge < -0.3 is 4.90 Å². The molecule has 1 amide bonds. The van der Waals surface area contributed by atoms with Gasteiger partial charge in [0.15, 0.2) is 0 Å². The van der Waals surface area contributed by atoms with Crippen molar-refractivity contribution in [1.29, 1.82) is 0 Å². The smallest absolute Gasteiger partial charge is 0.254 e. The third kappa shape index (κ3) is 4.00. The maximum absolute atomic E-state index is 13.3. The first-order valence-electron chi connectivity index (χ1n) is 9.12. The molecule has 1 aromatic carbocycles. The molecule has 1 saturated heterocycles. The topological polar surface area (TPSA) is 55.2 Å². The summed E-state index contributed by atoms with van der Waals surface area (Å²) in [5.74, 6) is 0.608. The molecule has 0 aliphatic carbocycles. The zero-order valence-corrected chi connectivity index (χ0v) is 15.2. The Morgan fingerprint density at radius 3 is 2.50 bits per heavy atom. The summed E-state index contributed by atoms with van der Waals surface area (Å²) in [5, 5.41) is 0. The second-order valence-corrected chi connectivity index (χ2v) is 6.92. The van der Waals surface area contributed by atoms with Gasteiger partial charge in [-0.25, -0.2) is 9.37 Å². The molecule has 138 valence electrons. The molecule has 2 heterocycles. The highest BCUT2D eigenvalue weighted by Gasteiger charge is 2.22.